The Morgan fingerprint density at radius 3 is 2.23 bits per heavy atom. The Kier molecular flexibility index (Phi) is 6.46. The Hall–Kier alpha value is -3.40. The van der Waals surface area contributed by atoms with E-state index in [2.05, 4.69) is 41.7 Å². The summed E-state index contributed by atoms with van der Waals surface area (Å²) in [5.74, 6) is -0.0464. The van der Waals surface area contributed by atoms with Gasteiger partial charge in [-0.2, -0.15) is 0 Å². The van der Waals surface area contributed by atoms with Crippen molar-refractivity contribution in [2.24, 2.45) is 0 Å². The van der Waals surface area contributed by atoms with Gasteiger partial charge in [0.15, 0.2) is 0 Å². The third-order valence-corrected chi connectivity index (χ3v) is 5.94. The average Bonchev–Trinajstić information content (AvgIpc) is 2.83. The first-order chi connectivity index (χ1) is 15.1. The topological polar surface area (TPSA) is 49.4 Å². The summed E-state index contributed by atoms with van der Waals surface area (Å²) in [6, 6.07) is 26.6. The summed E-state index contributed by atoms with van der Waals surface area (Å²) < 4.78 is 0. The smallest absolute Gasteiger partial charge is 0.223 e. The normalized spacial score (nSPS) is 13.9. The van der Waals surface area contributed by atoms with Crippen molar-refractivity contribution in [2.45, 2.75) is 38.8 Å². The number of carbonyl (C=O) groups is 2. The van der Waals surface area contributed by atoms with Gasteiger partial charge in [0.1, 0.15) is 0 Å². The quantitative estimate of drug-likeness (QED) is 0.626. The van der Waals surface area contributed by atoms with Gasteiger partial charge < -0.3 is 10.2 Å². The molecule has 1 unspecified atom stereocenters. The van der Waals surface area contributed by atoms with Crippen LogP contribution in [0.15, 0.2) is 78.9 Å². The van der Waals surface area contributed by atoms with Crippen molar-refractivity contribution in [3.63, 3.8) is 0 Å². The van der Waals surface area contributed by atoms with Crippen LogP contribution in [0.5, 0.6) is 0 Å². The SMILES string of the molecule is CC(NC(=O)CCC(=O)N1CCc2ccccc2C1)c1ccc(-c2ccccc2)cc1. The van der Waals surface area contributed by atoms with Gasteiger partial charge in [-0.3, -0.25) is 9.59 Å². The van der Waals surface area contributed by atoms with Crippen molar-refractivity contribution >= 4 is 11.8 Å². The minimum absolute atomic E-state index is 0.0459. The lowest BCUT2D eigenvalue weighted by molar-refractivity contribution is -0.134. The molecule has 1 aliphatic heterocycles. The summed E-state index contributed by atoms with van der Waals surface area (Å²) in [4.78, 5) is 26.9. The molecule has 1 N–H and O–H groups in total. The summed E-state index contributed by atoms with van der Waals surface area (Å²) in [5, 5.41) is 3.02. The molecule has 158 valence electrons. The summed E-state index contributed by atoms with van der Waals surface area (Å²) >= 11 is 0. The van der Waals surface area contributed by atoms with Gasteiger partial charge in [0.2, 0.25) is 11.8 Å². The van der Waals surface area contributed by atoms with Crippen molar-refractivity contribution in [2.75, 3.05) is 6.54 Å². The van der Waals surface area contributed by atoms with Crippen LogP contribution in [-0.2, 0) is 22.6 Å². The molecular formula is C27H28N2O2. The highest BCUT2D eigenvalue weighted by Crippen LogP contribution is 2.22. The largest absolute Gasteiger partial charge is 0.350 e. The number of rotatable bonds is 6. The van der Waals surface area contributed by atoms with Crippen molar-refractivity contribution < 1.29 is 9.59 Å². The molecule has 0 saturated heterocycles. The van der Waals surface area contributed by atoms with E-state index in [1.54, 1.807) is 0 Å². The Balaban J connectivity index is 1.26. The zero-order valence-electron chi connectivity index (χ0n) is 17.9. The molecular weight excluding hydrogens is 384 g/mol. The van der Waals surface area contributed by atoms with Gasteiger partial charge >= 0.3 is 0 Å². The zero-order chi connectivity index (χ0) is 21.6. The number of carbonyl (C=O) groups excluding carboxylic acids is 2. The van der Waals surface area contributed by atoms with Crippen molar-refractivity contribution in [3.8, 4) is 11.1 Å². The van der Waals surface area contributed by atoms with Crippen LogP contribution < -0.4 is 5.32 Å². The van der Waals surface area contributed by atoms with Gasteiger partial charge in [-0.05, 0) is 41.2 Å². The minimum atomic E-state index is -0.103. The van der Waals surface area contributed by atoms with Gasteiger partial charge in [0, 0.05) is 25.9 Å². The number of nitrogens with one attached hydrogen (secondary N) is 1. The maximum absolute atomic E-state index is 12.6. The second kappa shape index (κ2) is 9.61. The predicted molar refractivity (Wildman–Crippen MR) is 123 cm³/mol. The molecule has 0 bridgehead atoms. The first-order valence-corrected chi connectivity index (χ1v) is 10.9. The number of amides is 2. The molecule has 4 heteroatoms. The third-order valence-electron chi connectivity index (χ3n) is 5.94. The Bertz CT molecular complexity index is 1040. The van der Waals surface area contributed by atoms with Crippen LogP contribution in [0.4, 0.5) is 0 Å². The maximum atomic E-state index is 12.6. The standard InChI is InChI=1S/C27H28N2O2/c1-20(21-11-13-24(14-12-21)22-7-3-2-4-8-22)28-26(30)15-16-27(31)29-18-17-23-9-5-6-10-25(23)19-29/h2-14,20H,15-19H2,1H3,(H,28,30). The molecule has 1 heterocycles. The molecule has 1 atom stereocenters. The first-order valence-electron chi connectivity index (χ1n) is 10.9. The maximum Gasteiger partial charge on any atom is 0.223 e. The van der Waals surface area contributed by atoms with Crippen LogP contribution >= 0.6 is 0 Å². The van der Waals surface area contributed by atoms with E-state index in [4.69, 9.17) is 0 Å². The van der Waals surface area contributed by atoms with Crippen LogP contribution in [0.2, 0.25) is 0 Å². The monoisotopic (exact) mass is 412 g/mol. The van der Waals surface area contributed by atoms with Gasteiger partial charge in [-0.1, -0.05) is 78.9 Å². The van der Waals surface area contributed by atoms with Crippen LogP contribution in [0.25, 0.3) is 11.1 Å². The lowest BCUT2D eigenvalue weighted by atomic mass is 9.99. The molecule has 0 aliphatic carbocycles. The molecule has 4 rings (SSSR count). The molecule has 0 spiro atoms. The number of benzene rings is 3. The van der Waals surface area contributed by atoms with Crippen molar-refractivity contribution in [1.82, 2.24) is 10.2 Å². The second-order valence-electron chi connectivity index (χ2n) is 8.11. The number of hydrogen-bond donors (Lipinski definition) is 1. The molecule has 4 nitrogen and oxygen atoms in total. The number of nitrogens with zero attached hydrogens (tertiary/aromatic N) is 1. The minimum Gasteiger partial charge on any atom is -0.350 e. The second-order valence-corrected chi connectivity index (χ2v) is 8.11. The highest BCUT2D eigenvalue weighted by Gasteiger charge is 2.21. The Morgan fingerprint density at radius 1 is 0.839 bits per heavy atom. The summed E-state index contributed by atoms with van der Waals surface area (Å²) in [6.07, 6.45) is 1.33. The van der Waals surface area contributed by atoms with Crippen LogP contribution in [0.3, 0.4) is 0 Å². The fourth-order valence-corrected chi connectivity index (χ4v) is 4.08. The molecule has 3 aromatic rings. The van der Waals surface area contributed by atoms with Gasteiger partial charge in [0.05, 0.1) is 6.04 Å². The molecule has 0 fully saturated rings. The van der Waals surface area contributed by atoms with E-state index in [-0.39, 0.29) is 30.7 Å². The van der Waals surface area contributed by atoms with Crippen LogP contribution in [0.1, 0.15) is 42.5 Å². The third kappa shape index (κ3) is 5.21. The fourth-order valence-electron chi connectivity index (χ4n) is 4.08. The molecule has 0 radical (unpaired) electrons. The lowest BCUT2D eigenvalue weighted by Crippen LogP contribution is -2.36. The summed E-state index contributed by atoms with van der Waals surface area (Å²) in [6.45, 7) is 3.33. The van der Waals surface area contributed by atoms with E-state index >= 15 is 0 Å². The predicted octanol–water partition coefficient (Wildman–Crippen LogP) is 4.90. The van der Waals surface area contributed by atoms with E-state index in [0.29, 0.717) is 6.54 Å². The van der Waals surface area contributed by atoms with E-state index in [0.717, 1.165) is 24.1 Å². The van der Waals surface area contributed by atoms with Gasteiger partial charge in [-0.25, -0.2) is 0 Å². The number of hydrogen-bond acceptors (Lipinski definition) is 2. The van der Waals surface area contributed by atoms with Crippen molar-refractivity contribution in [1.29, 1.82) is 0 Å². The molecule has 1 aliphatic rings. The fraction of sp³-hybridized carbons (Fsp3) is 0.259. The van der Waals surface area contributed by atoms with E-state index in [1.807, 2.05) is 54.3 Å². The first kappa shape index (κ1) is 20.9. The number of fused-ring (bicyclic) bond motifs is 1. The summed E-state index contributed by atoms with van der Waals surface area (Å²) in [7, 11) is 0. The molecule has 0 aromatic heterocycles. The Morgan fingerprint density at radius 2 is 1.48 bits per heavy atom. The lowest BCUT2D eigenvalue weighted by Gasteiger charge is -2.29. The van der Waals surface area contributed by atoms with Gasteiger partial charge in [-0.15, -0.1) is 0 Å². The summed E-state index contributed by atoms with van der Waals surface area (Å²) in [5.41, 5.74) is 5.89. The molecule has 3 aromatic carbocycles. The van der Waals surface area contributed by atoms with E-state index in [1.165, 1.54) is 16.7 Å². The van der Waals surface area contributed by atoms with Crippen LogP contribution in [0, 0.1) is 0 Å². The molecule has 0 saturated carbocycles. The molecule has 31 heavy (non-hydrogen) atoms. The van der Waals surface area contributed by atoms with E-state index in [9.17, 15) is 9.59 Å². The Labute approximate surface area is 183 Å². The highest BCUT2D eigenvalue weighted by molar-refractivity contribution is 5.84. The van der Waals surface area contributed by atoms with Crippen LogP contribution in [-0.4, -0.2) is 23.3 Å². The van der Waals surface area contributed by atoms with Crippen molar-refractivity contribution in [3.05, 3.63) is 95.6 Å². The highest BCUT2D eigenvalue weighted by atomic mass is 16.2. The van der Waals surface area contributed by atoms with E-state index < -0.39 is 0 Å². The van der Waals surface area contributed by atoms with Gasteiger partial charge in [0.25, 0.3) is 0 Å². The average molecular weight is 413 g/mol. The molecule has 2 amide bonds. The zero-order valence-corrected chi connectivity index (χ0v) is 17.9.